The van der Waals surface area contributed by atoms with Gasteiger partial charge in [-0.3, -0.25) is 0 Å². The number of anilines is 1. The van der Waals surface area contributed by atoms with Crippen molar-refractivity contribution in [3.05, 3.63) is 60.7 Å². The molecule has 8 heteroatoms. The number of rotatable bonds is 6. The van der Waals surface area contributed by atoms with Crippen LogP contribution < -0.4 is 10.1 Å². The third-order valence-electron chi connectivity index (χ3n) is 5.19. The second-order valence-electron chi connectivity index (χ2n) is 7.60. The number of para-hydroxylation sites is 2. The summed E-state index contributed by atoms with van der Waals surface area (Å²) in [6.45, 7) is 4.72. The SMILES string of the molecule is COc1ccc(-c2nc(NCc3nc4ccccc4[nH]3)c3ncn(C(C)C)c3n2)cc1. The summed E-state index contributed by atoms with van der Waals surface area (Å²) in [7, 11) is 1.65. The molecule has 0 saturated heterocycles. The Hall–Kier alpha value is -3.94. The maximum absolute atomic E-state index is 5.27. The molecule has 8 nitrogen and oxygen atoms in total. The number of aromatic amines is 1. The molecule has 0 fully saturated rings. The van der Waals surface area contributed by atoms with Crippen molar-refractivity contribution in [3.63, 3.8) is 0 Å². The summed E-state index contributed by atoms with van der Waals surface area (Å²) in [4.78, 5) is 22.2. The maximum Gasteiger partial charge on any atom is 0.166 e. The summed E-state index contributed by atoms with van der Waals surface area (Å²) in [5.41, 5.74) is 4.39. The number of fused-ring (bicyclic) bond motifs is 2. The number of hydrogen-bond donors (Lipinski definition) is 2. The number of methoxy groups -OCH3 is 1. The molecule has 0 spiro atoms. The number of nitrogens with one attached hydrogen (secondary N) is 2. The topological polar surface area (TPSA) is 93.5 Å². The minimum atomic E-state index is 0.229. The van der Waals surface area contributed by atoms with Crippen molar-refractivity contribution in [2.24, 2.45) is 0 Å². The third-order valence-corrected chi connectivity index (χ3v) is 5.19. The van der Waals surface area contributed by atoms with Crippen molar-refractivity contribution in [1.29, 1.82) is 0 Å². The Kier molecular flexibility index (Phi) is 4.74. The first kappa shape index (κ1) is 19.0. The van der Waals surface area contributed by atoms with E-state index in [1.165, 1.54) is 0 Å². The highest BCUT2D eigenvalue weighted by molar-refractivity contribution is 5.85. The highest BCUT2D eigenvalue weighted by atomic mass is 16.5. The zero-order valence-corrected chi connectivity index (χ0v) is 17.6. The van der Waals surface area contributed by atoms with Crippen LogP contribution in [0.5, 0.6) is 5.75 Å². The van der Waals surface area contributed by atoms with E-state index in [1.54, 1.807) is 7.11 Å². The summed E-state index contributed by atoms with van der Waals surface area (Å²) < 4.78 is 7.32. The number of H-pyrrole nitrogens is 1. The molecule has 3 aromatic heterocycles. The molecule has 0 aliphatic heterocycles. The molecule has 5 rings (SSSR count). The molecule has 2 N–H and O–H groups in total. The molecule has 156 valence electrons. The first-order valence-electron chi connectivity index (χ1n) is 10.2. The van der Waals surface area contributed by atoms with Crippen LogP contribution in [0.4, 0.5) is 5.82 Å². The van der Waals surface area contributed by atoms with Crippen molar-refractivity contribution in [3.8, 4) is 17.1 Å². The fourth-order valence-corrected chi connectivity index (χ4v) is 3.54. The largest absolute Gasteiger partial charge is 0.497 e. The molecular weight excluding hydrogens is 390 g/mol. The average molecular weight is 413 g/mol. The van der Waals surface area contributed by atoms with E-state index in [-0.39, 0.29) is 6.04 Å². The Labute approximate surface area is 179 Å². The van der Waals surface area contributed by atoms with Crippen molar-refractivity contribution >= 4 is 28.0 Å². The normalized spacial score (nSPS) is 11.5. The van der Waals surface area contributed by atoms with Gasteiger partial charge in [-0.2, -0.15) is 0 Å². The van der Waals surface area contributed by atoms with Crippen molar-refractivity contribution in [1.82, 2.24) is 29.5 Å². The highest BCUT2D eigenvalue weighted by Gasteiger charge is 2.16. The number of hydrogen-bond acceptors (Lipinski definition) is 6. The molecule has 0 radical (unpaired) electrons. The van der Waals surface area contributed by atoms with E-state index in [1.807, 2.05) is 54.9 Å². The molecule has 0 saturated carbocycles. The summed E-state index contributed by atoms with van der Waals surface area (Å²) in [6.07, 6.45) is 1.81. The summed E-state index contributed by atoms with van der Waals surface area (Å²) >= 11 is 0. The van der Waals surface area contributed by atoms with Crippen LogP contribution in [-0.4, -0.2) is 36.6 Å². The van der Waals surface area contributed by atoms with Gasteiger partial charge in [-0.25, -0.2) is 19.9 Å². The van der Waals surface area contributed by atoms with Gasteiger partial charge in [-0.05, 0) is 50.2 Å². The summed E-state index contributed by atoms with van der Waals surface area (Å²) in [5.74, 6) is 2.93. The van der Waals surface area contributed by atoms with E-state index >= 15 is 0 Å². The summed E-state index contributed by atoms with van der Waals surface area (Å²) in [5, 5.41) is 3.40. The fourth-order valence-electron chi connectivity index (χ4n) is 3.54. The van der Waals surface area contributed by atoms with E-state index in [9.17, 15) is 0 Å². The van der Waals surface area contributed by atoms with Crippen LogP contribution in [0.1, 0.15) is 25.7 Å². The van der Waals surface area contributed by atoms with E-state index in [0.717, 1.165) is 39.3 Å². The lowest BCUT2D eigenvalue weighted by molar-refractivity contribution is 0.415. The number of imidazole rings is 2. The minimum absolute atomic E-state index is 0.229. The first-order chi connectivity index (χ1) is 15.1. The molecule has 0 aliphatic carbocycles. The van der Waals surface area contributed by atoms with Gasteiger partial charge >= 0.3 is 0 Å². The second-order valence-corrected chi connectivity index (χ2v) is 7.60. The minimum Gasteiger partial charge on any atom is -0.497 e. The predicted octanol–water partition coefficient (Wildman–Crippen LogP) is 4.57. The van der Waals surface area contributed by atoms with Crippen LogP contribution in [0.25, 0.3) is 33.6 Å². The molecular formula is C23H23N7O. The maximum atomic E-state index is 5.27. The highest BCUT2D eigenvalue weighted by Crippen LogP contribution is 2.27. The lowest BCUT2D eigenvalue weighted by Crippen LogP contribution is -2.07. The third kappa shape index (κ3) is 3.56. The van der Waals surface area contributed by atoms with Crippen molar-refractivity contribution in [2.45, 2.75) is 26.4 Å². The molecule has 0 atom stereocenters. The Morgan fingerprint density at radius 2 is 1.84 bits per heavy atom. The lowest BCUT2D eigenvalue weighted by atomic mass is 10.2. The van der Waals surface area contributed by atoms with Crippen molar-refractivity contribution < 1.29 is 4.74 Å². The molecule has 3 heterocycles. The quantitative estimate of drug-likeness (QED) is 0.423. The Morgan fingerprint density at radius 3 is 2.58 bits per heavy atom. The standard InChI is InChI=1S/C23H23N7O/c1-14(2)30-13-25-20-22(24-12-19-26-17-6-4-5-7-18(17)27-19)28-21(29-23(20)30)15-8-10-16(31-3)11-9-15/h4-11,13-14H,12H2,1-3H3,(H,26,27)(H,24,28,29). The van der Waals surface area contributed by atoms with Gasteiger partial charge in [-0.1, -0.05) is 12.1 Å². The predicted molar refractivity (Wildman–Crippen MR) is 121 cm³/mol. The molecule has 0 bridgehead atoms. The average Bonchev–Trinajstić information content (AvgIpc) is 3.41. The number of benzene rings is 2. The van der Waals surface area contributed by atoms with Crippen LogP contribution in [-0.2, 0) is 6.54 Å². The van der Waals surface area contributed by atoms with Gasteiger partial charge in [0.05, 0.1) is 31.0 Å². The van der Waals surface area contributed by atoms with E-state index in [4.69, 9.17) is 14.7 Å². The van der Waals surface area contributed by atoms with Crippen LogP contribution in [0.2, 0.25) is 0 Å². The van der Waals surface area contributed by atoms with Crippen LogP contribution >= 0.6 is 0 Å². The van der Waals surface area contributed by atoms with E-state index in [2.05, 4.69) is 38.7 Å². The second kappa shape index (κ2) is 7.71. The monoisotopic (exact) mass is 413 g/mol. The lowest BCUT2D eigenvalue weighted by Gasteiger charge is -2.11. The van der Waals surface area contributed by atoms with Gasteiger partial charge in [0.2, 0.25) is 0 Å². The molecule has 5 aromatic rings. The summed E-state index contributed by atoms with van der Waals surface area (Å²) in [6, 6.07) is 15.9. The van der Waals surface area contributed by atoms with Gasteiger partial charge < -0.3 is 19.6 Å². The van der Waals surface area contributed by atoms with Gasteiger partial charge in [0.15, 0.2) is 17.3 Å². The van der Waals surface area contributed by atoms with Crippen molar-refractivity contribution in [2.75, 3.05) is 12.4 Å². The molecule has 31 heavy (non-hydrogen) atoms. The smallest absolute Gasteiger partial charge is 0.166 e. The van der Waals surface area contributed by atoms with Gasteiger partial charge in [0, 0.05) is 11.6 Å². The van der Waals surface area contributed by atoms with Crippen LogP contribution in [0, 0.1) is 0 Å². The van der Waals surface area contributed by atoms with E-state index in [0.29, 0.717) is 18.2 Å². The van der Waals surface area contributed by atoms with Crippen LogP contribution in [0.15, 0.2) is 54.9 Å². The Balaban J connectivity index is 1.54. The van der Waals surface area contributed by atoms with Gasteiger partial charge in [0.1, 0.15) is 17.1 Å². The zero-order chi connectivity index (χ0) is 21.4. The molecule has 0 aliphatic rings. The van der Waals surface area contributed by atoms with Crippen LogP contribution in [0.3, 0.4) is 0 Å². The molecule has 0 unspecified atom stereocenters. The molecule has 0 amide bonds. The molecule has 2 aromatic carbocycles. The number of aromatic nitrogens is 6. The van der Waals surface area contributed by atoms with E-state index < -0.39 is 0 Å². The Morgan fingerprint density at radius 1 is 1.03 bits per heavy atom. The van der Waals surface area contributed by atoms with Gasteiger partial charge in [0.25, 0.3) is 0 Å². The zero-order valence-electron chi connectivity index (χ0n) is 17.6. The van der Waals surface area contributed by atoms with Gasteiger partial charge in [-0.15, -0.1) is 0 Å². The fraction of sp³-hybridized carbons (Fsp3) is 0.217. The number of nitrogens with zero attached hydrogens (tertiary/aromatic N) is 5. The first-order valence-corrected chi connectivity index (χ1v) is 10.2. The Bertz CT molecular complexity index is 1320. The number of ether oxygens (including phenoxy) is 1.